The first-order valence-electron chi connectivity index (χ1n) is 11.7. The second-order valence-corrected chi connectivity index (χ2v) is 11.4. The number of rotatable bonds is 4. The van der Waals surface area contributed by atoms with E-state index in [2.05, 4.69) is 20.8 Å². The van der Waals surface area contributed by atoms with E-state index in [9.17, 15) is 15.0 Å². The van der Waals surface area contributed by atoms with Crippen molar-refractivity contribution in [2.45, 2.75) is 97.2 Å². The number of aliphatic hydroxyl groups is 2. The van der Waals surface area contributed by atoms with Crippen molar-refractivity contribution in [2.75, 3.05) is 0 Å². The van der Waals surface area contributed by atoms with E-state index < -0.39 is 5.97 Å². The van der Waals surface area contributed by atoms with Crippen molar-refractivity contribution < 1.29 is 20.1 Å². The standard InChI is InChI=1S/C24H40O4/c1-14(4-7-22(27)28)17-5-6-18-16-13-21(26)20-12-15(25)8-10-24(20,3)19(16)9-11-23(17,18)2/h14-21,25-26H,4-13H2,1-3H3,(H,27,28)/t14?,15-,16+,17-,18+,19+,20+,21+,23?,24?/m1/s1. The molecule has 0 saturated heterocycles. The molecular weight excluding hydrogens is 352 g/mol. The quantitative estimate of drug-likeness (QED) is 0.659. The van der Waals surface area contributed by atoms with Crippen molar-refractivity contribution in [3.05, 3.63) is 0 Å². The van der Waals surface area contributed by atoms with E-state index in [1.807, 2.05) is 0 Å². The summed E-state index contributed by atoms with van der Waals surface area (Å²) in [5.41, 5.74) is 0.478. The summed E-state index contributed by atoms with van der Waals surface area (Å²) in [4.78, 5) is 11.1. The zero-order valence-corrected chi connectivity index (χ0v) is 17.9. The van der Waals surface area contributed by atoms with Gasteiger partial charge in [-0.1, -0.05) is 20.8 Å². The highest BCUT2D eigenvalue weighted by atomic mass is 16.4. The van der Waals surface area contributed by atoms with Gasteiger partial charge in [0, 0.05) is 6.42 Å². The summed E-state index contributed by atoms with van der Waals surface area (Å²) in [7, 11) is 0. The molecule has 0 amide bonds. The van der Waals surface area contributed by atoms with Gasteiger partial charge in [-0.25, -0.2) is 0 Å². The molecule has 4 heteroatoms. The van der Waals surface area contributed by atoms with Crippen LogP contribution in [0.2, 0.25) is 0 Å². The summed E-state index contributed by atoms with van der Waals surface area (Å²) in [5, 5.41) is 30.4. The number of aliphatic carboxylic acids is 1. The molecule has 0 heterocycles. The number of aliphatic hydroxyl groups excluding tert-OH is 2. The zero-order chi connectivity index (χ0) is 20.3. The molecule has 4 nitrogen and oxygen atoms in total. The zero-order valence-electron chi connectivity index (χ0n) is 17.9. The monoisotopic (exact) mass is 392 g/mol. The predicted octanol–water partition coefficient (Wildman–Crippen LogP) is 4.48. The summed E-state index contributed by atoms with van der Waals surface area (Å²) >= 11 is 0. The summed E-state index contributed by atoms with van der Waals surface area (Å²) in [6, 6.07) is 0. The molecule has 0 aromatic heterocycles. The van der Waals surface area contributed by atoms with Gasteiger partial charge in [-0.05, 0) is 104 Å². The lowest BCUT2D eigenvalue weighted by molar-refractivity contribution is -0.172. The Labute approximate surface area is 170 Å². The second-order valence-electron chi connectivity index (χ2n) is 11.4. The first-order valence-corrected chi connectivity index (χ1v) is 11.7. The number of carboxylic acid groups (broad SMARTS) is 1. The van der Waals surface area contributed by atoms with Gasteiger partial charge in [0.25, 0.3) is 0 Å². The van der Waals surface area contributed by atoms with Crippen LogP contribution in [0.15, 0.2) is 0 Å². The molecule has 4 aliphatic carbocycles. The fraction of sp³-hybridized carbons (Fsp3) is 0.958. The average molecular weight is 393 g/mol. The minimum absolute atomic E-state index is 0.176. The third-order valence-electron chi connectivity index (χ3n) is 10.2. The van der Waals surface area contributed by atoms with Gasteiger partial charge in [-0.3, -0.25) is 4.79 Å². The Morgan fingerprint density at radius 1 is 0.964 bits per heavy atom. The number of fused-ring (bicyclic) bond motifs is 5. The fourth-order valence-corrected chi connectivity index (χ4v) is 8.81. The maximum Gasteiger partial charge on any atom is 0.303 e. The topological polar surface area (TPSA) is 77.8 Å². The van der Waals surface area contributed by atoms with E-state index in [1.165, 1.54) is 25.7 Å². The molecule has 0 spiro atoms. The van der Waals surface area contributed by atoms with Crippen LogP contribution < -0.4 is 0 Å². The average Bonchev–Trinajstić information content (AvgIpc) is 2.99. The SMILES string of the molecule is CC(CCC(=O)O)[C@H]1CC[C@H]2[C@@H]3C[C@H](O)[C@@H]4C[C@H](O)CCC4(C)[C@H]3CCC12C. The molecule has 0 aliphatic heterocycles. The first kappa shape index (κ1) is 20.7. The number of carboxylic acids is 1. The van der Waals surface area contributed by atoms with Crippen LogP contribution in [-0.2, 0) is 4.79 Å². The van der Waals surface area contributed by atoms with E-state index in [0.29, 0.717) is 35.0 Å². The number of carbonyl (C=O) groups is 1. The maximum atomic E-state index is 11.1. The summed E-state index contributed by atoms with van der Waals surface area (Å²) in [5.74, 6) is 2.61. The number of hydrogen-bond acceptors (Lipinski definition) is 3. The largest absolute Gasteiger partial charge is 0.481 e. The molecule has 0 bridgehead atoms. The van der Waals surface area contributed by atoms with Gasteiger partial charge in [-0.2, -0.15) is 0 Å². The molecule has 3 N–H and O–H groups in total. The highest BCUT2D eigenvalue weighted by Crippen LogP contribution is 2.68. The van der Waals surface area contributed by atoms with E-state index in [4.69, 9.17) is 5.11 Å². The molecule has 10 atom stereocenters. The van der Waals surface area contributed by atoms with Gasteiger partial charge in [0.15, 0.2) is 0 Å². The highest BCUT2D eigenvalue weighted by molar-refractivity contribution is 5.66. The van der Waals surface area contributed by atoms with E-state index in [1.54, 1.807) is 0 Å². The van der Waals surface area contributed by atoms with Crippen molar-refractivity contribution in [2.24, 2.45) is 46.3 Å². The van der Waals surface area contributed by atoms with Crippen molar-refractivity contribution in [1.82, 2.24) is 0 Å². The molecule has 0 aromatic carbocycles. The van der Waals surface area contributed by atoms with Gasteiger partial charge >= 0.3 is 5.97 Å². The van der Waals surface area contributed by atoms with Crippen LogP contribution >= 0.6 is 0 Å². The molecule has 4 rings (SSSR count). The third-order valence-corrected chi connectivity index (χ3v) is 10.2. The van der Waals surface area contributed by atoms with E-state index >= 15 is 0 Å². The van der Waals surface area contributed by atoms with Crippen molar-refractivity contribution in [3.8, 4) is 0 Å². The van der Waals surface area contributed by atoms with Crippen molar-refractivity contribution in [3.63, 3.8) is 0 Å². The molecule has 28 heavy (non-hydrogen) atoms. The van der Waals surface area contributed by atoms with Crippen LogP contribution in [0.4, 0.5) is 0 Å². The summed E-state index contributed by atoms with van der Waals surface area (Å²) < 4.78 is 0. The Morgan fingerprint density at radius 2 is 1.64 bits per heavy atom. The Bertz CT molecular complexity index is 605. The van der Waals surface area contributed by atoms with Crippen LogP contribution in [0.25, 0.3) is 0 Å². The van der Waals surface area contributed by atoms with Crippen LogP contribution in [0.5, 0.6) is 0 Å². The van der Waals surface area contributed by atoms with Crippen LogP contribution in [-0.4, -0.2) is 33.5 Å². The molecule has 0 aromatic rings. The number of hydrogen-bond donors (Lipinski definition) is 3. The third kappa shape index (κ3) is 3.14. The van der Waals surface area contributed by atoms with Gasteiger partial charge in [0.2, 0.25) is 0 Å². The Morgan fingerprint density at radius 3 is 2.36 bits per heavy atom. The second kappa shape index (κ2) is 7.27. The van der Waals surface area contributed by atoms with Crippen molar-refractivity contribution >= 4 is 5.97 Å². The summed E-state index contributed by atoms with van der Waals surface area (Å²) in [6.07, 6.45) is 9.16. The molecule has 0 radical (unpaired) electrons. The lowest BCUT2D eigenvalue weighted by atomic mass is 9.44. The molecule has 4 fully saturated rings. The normalized spacial score (nSPS) is 51.7. The van der Waals surface area contributed by atoms with Gasteiger partial charge in [-0.15, -0.1) is 0 Å². The fourth-order valence-electron chi connectivity index (χ4n) is 8.81. The summed E-state index contributed by atoms with van der Waals surface area (Å²) in [6.45, 7) is 7.16. The molecule has 160 valence electrons. The van der Waals surface area contributed by atoms with Crippen LogP contribution in [0, 0.1) is 46.3 Å². The Hall–Kier alpha value is -0.610. The van der Waals surface area contributed by atoms with Crippen LogP contribution in [0.3, 0.4) is 0 Å². The van der Waals surface area contributed by atoms with E-state index in [0.717, 1.165) is 32.1 Å². The molecule has 4 saturated carbocycles. The van der Waals surface area contributed by atoms with Gasteiger partial charge in [0.1, 0.15) is 0 Å². The van der Waals surface area contributed by atoms with Gasteiger partial charge < -0.3 is 15.3 Å². The lowest BCUT2D eigenvalue weighted by Crippen LogP contribution is -2.58. The minimum Gasteiger partial charge on any atom is -0.481 e. The smallest absolute Gasteiger partial charge is 0.303 e. The van der Waals surface area contributed by atoms with E-state index in [-0.39, 0.29) is 30.0 Å². The molecule has 3 unspecified atom stereocenters. The maximum absolute atomic E-state index is 11.1. The minimum atomic E-state index is -0.677. The molecule has 4 aliphatic rings. The highest BCUT2D eigenvalue weighted by Gasteiger charge is 2.62. The lowest BCUT2D eigenvalue weighted by Gasteiger charge is -2.62. The molecular formula is C24H40O4. The Kier molecular flexibility index (Phi) is 5.36. The Balaban J connectivity index is 1.55. The predicted molar refractivity (Wildman–Crippen MR) is 109 cm³/mol. The van der Waals surface area contributed by atoms with Crippen LogP contribution in [0.1, 0.15) is 85.0 Å². The first-order chi connectivity index (χ1) is 13.2. The van der Waals surface area contributed by atoms with Gasteiger partial charge in [0.05, 0.1) is 12.2 Å². The van der Waals surface area contributed by atoms with Crippen molar-refractivity contribution in [1.29, 1.82) is 0 Å².